The molecule has 36 heavy (non-hydrogen) atoms. The number of ether oxygens (including phenoxy) is 4. The van der Waals surface area contributed by atoms with Crippen LogP contribution in [0.5, 0.6) is 23.0 Å². The van der Waals surface area contributed by atoms with Gasteiger partial charge in [-0.3, -0.25) is 9.69 Å². The molecular weight excluding hydrogens is 462 g/mol. The van der Waals surface area contributed by atoms with Crippen LogP contribution in [0.2, 0.25) is 0 Å². The van der Waals surface area contributed by atoms with Gasteiger partial charge in [0, 0.05) is 23.7 Å². The fourth-order valence-electron chi connectivity index (χ4n) is 4.76. The van der Waals surface area contributed by atoms with Crippen LogP contribution in [0.1, 0.15) is 41.4 Å². The highest BCUT2D eigenvalue weighted by atomic mass is 16.6. The molecular formula is C27H31N3O6. The molecule has 190 valence electrons. The summed E-state index contributed by atoms with van der Waals surface area (Å²) >= 11 is 0. The Hall–Kier alpha value is -3.72. The summed E-state index contributed by atoms with van der Waals surface area (Å²) in [5, 5.41) is 7.07. The van der Waals surface area contributed by atoms with E-state index in [1.165, 1.54) is 6.42 Å². The molecule has 2 aliphatic rings. The summed E-state index contributed by atoms with van der Waals surface area (Å²) in [5.41, 5.74) is 1.96. The molecule has 1 saturated heterocycles. The summed E-state index contributed by atoms with van der Waals surface area (Å²) in [4.78, 5) is 15.5. The van der Waals surface area contributed by atoms with Crippen molar-refractivity contribution < 1.29 is 28.3 Å². The summed E-state index contributed by atoms with van der Waals surface area (Å²) in [6.45, 7) is 3.34. The predicted molar refractivity (Wildman–Crippen MR) is 133 cm³/mol. The lowest BCUT2D eigenvalue weighted by Gasteiger charge is -2.35. The highest BCUT2D eigenvalue weighted by Crippen LogP contribution is 2.36. The van der Waals surface area contributed by atoms with Crippen LogP contribution >= 0.6 is 0 Å². The van der Waals surface area contributed by atoms with Crippen molar-refractivity contribution in [3.05, 3.63) is 53.7 Å². The molecule has 3 aromatic rings. The topological polar surface area (TPSA) is 95.3 Å². The second-order valence-corrected chi connectivity index (χ2v) is 8.87. The molecule has 1 atom stereocenters. The van der Waals surface area contributed by atoms with Crippen LogP contribution in [-0.4, -0.2) is 63.0 Å². The molecule has 9 heteroatoms. The Kier molecular flexibility index (Phi) is 7.27. The van der Waals surface area contributed by atoms with Gasteiger partial charge in [-0.15, -0.1) is 0 Å². The van der Waals surface area contributed by atoms with Gasteiger partial charge < -0.3 is 28.8 Å². The third-order valence-corrected chi connectivity index (χ3v) is 6.65. The molecule has 1 fully saturated rings. The number of aromatic nitrogens is 1. The number of nitrogens with one attached hydrogen (secondary N) is 1. The number of benzene rings is 2. The lowest BCUT2D eigenvalue weighted by atomic mass is 10.00. The van der Waals surface area contributed by atoms with Crippen LogP contribution in [0.15, 0.2) is 47.0 Å². The first-order chi connectivity index (χ1) is 17.7. The second kappa shape index (κ2) is 10.9. The minimum atomic E-state index is -0.300. The van der Waals surface area contributed by atoms with E-state index in [0.717, 1.165) is 48.6 Å². The number of likely N-dealkylation sites (tertiary alicyclic amines) is 1. The number of methoxy groups -OCH3 is 2. The molecule has 3 heterocycles. The van der Waals surface area contributed by atoms with Gasteiger partial charge in [0.2, 0.25) is 0 Å². The SMILES string of the molecule is COc1ccc(OC)c(C(CNC(=O)c2cc(-c3ccc4c(c3)OCCO4)on2)N2CCCCC2)c1. The molecule has 1 N–H and O–H groups in total. The number of carbonyl (C=O) groups excluding carboxylic acids is 1. The van der Waals surface area contributed by atoms with Crippen LogP contribution < -0.4 is 24.3 Å². The van der Waals surface area contributed by atoms with Gasteiger partial charge in [-0.05, 0) is 62.3 Å². The first-order valence-electron chi connectivity index (χ1n) is 12.3. The maximum Gasteiger partial charge on any atom is 0.273 e. The first-order valence-corrected chi connectivity index (χ1v) is 12.3. The van der Waals surface area contributed by atoms with Crippen molar-refractivity contribution in [1.82, 2.24) is 15.4 Å². The zero-order valence-corrected chi connectivity index (χ0v) is 20.6. The summed E-state index contributed by atoms with van der Waals surface area (Å²) in [7, 11) is 3.30. The van der Waals surface area contributed by atoms with Crippen LogP contribution in [0.4, 0.5) is 0 Å². The van der Waals surface area contributed by atoms with Gasteiger partial charge in [0.15, 0.2) is 23.0 Å². The number of amides is 1. The Balaban J connectivity index is 1.33. The standard InChI is InChI=1S/C27H31N3O6/c1-32-19-7-9-23(33-2)20(15-19)22(30-10-4-3-5-11-30)17-28-27(31)21-16-25(36-29-21)18-6-8-24-26(14-18)35-13-12-34-24/h6-9,14-16,22H,3-5,10-13,17H2,1-2H3,(H,28,31). The van der Waals surface area contributed by atoms with Crippen molar-refractivity contribution in [1.29, 1.82) is 0 Å². The molecule has 0 bridgehead atoms. The molecule has 1 amide bonds. The van der Waals surface area contributed by atoms with E-state index in [0.29, 0.717) is 37.0 Å². The van der Waals surface area contributed by atoms with E-state index in [1.54, 1.807) is 20.3 Å². The Morgan fingerprint density at radius 2 is 1.81 bits per heavy atom. The summed E-state index contributed by atoms with van der Waals surface area (Å²) in [6.07, 6.45) is 3.46. The number of piperidine rings is 1. The quantitative estimate of drug-likeness (QED) is 0.502. The molecule has 0 aliphatic carbocycles. The summed E-state index contributed by atoms with van der Waals surface area (Å²) in [5.74, 6) is 3.05. The van der Waals surface area contributed by atoms with E-state index in [1.807, 2.05) is 36.4 Å². The van der Waals surface area contributed by atoms with Crippen molar-refractivity contribution in [2.45, 2.75) is 25.3 Å². The van der Waals surface area contributed by atoms with Gasteiger partial charge in [-0.25, -0.2) is 0 Å². The highest BCUT2D eigenvalue weighted by Gasteiger charge is 2.27. The number of carbonyl (C=O) groups is 1. The number of fused-ring (bicyclic) bond motifs is 1. The van der Waals surface area contributed by atoms with Gasteiger partial charge >= 0.3 is 0 Å². The maximum atomic E-state index is 13.1. The van der Waals surface area contributed by atoms with Crippen LogP contribution in [0, 0.1) is 0 Å². The normalized spacial score (nSPS) is 16.3. The first kappa shape index (κ1) is 24.0. The van der Waals surface area contributed by atoms with Gasteiger partial charge in [0.1, 0.15) is 24.7 Å². The van der Waals surface area contributed by atoms with Gasteiger partial charge in [-0.1, -0.05) is 11.6 Å². The molecule has 1 unspecified atom stereocenters. The third kappa shape index (κ3) is 5.11. The molecule has 0 saturated carbocycles. The van der Waals surface area contributed by atoms with E-state index in [-0.39, 0.29) is 17.6 Å². The van der Waals surface area contributed by atoms with Crippen molar-refractivity contribution in [2.24, 2.45) is 0 Å². The monoisotopic (exact) mass is 493 g/mol. The fourth-order valence-corrected chi connectivity index (χ4v) is 4.76. The molecule has 1 aromatic heterocycles. The fraction of sp³-hybridized carbons (Fsp3) is 0.407. The highest BCUT2D eigenvalue weighted by molar-refractivity contribution is 5.93. The average Bonchev–Trinajstić information content (AvgIpc) is 3.44. The number of hydrogen-bond donors (Lipinski definition) is 1. The number of hydrogen-bond acceptors (Lipinski definition) is 8. The summed E-state index contributed by atoms with van der Waals surface area (Å²) < 4.78 is 27.8. The Labute approximate surface area is 210 Å². The van der Waals surface area contributed by atoms with E-state index < -0.39 is 0 Å². The number of rotatable bonds is 8. The molecule has 0 spiro atoms. The Morgan fingerprint density at radius 3 is 2.58 bits per heavy atom. The molecule has 2 aromatic carbocycles. The van der Waals surface area contributed by atoms with E-state index in [4.69, 9.17) is 23.5 Å². The maximum absolute atomic E-state index is 13.1. The molecule has 0 radical (unpaired) electrons. The minimum Gasteiger partial charge on any atom is -0.497 e. The van der Waals surface area contributed by atoms with E-state index in [2.05, 4.69) is 15.4 Å². The molecule has 5 rings (SSSR count). The third-order valence-electron chi connectivity index (χ3n) is 6.65. The van der Waals surface area contributed by atoms with E-state index >= 15 is 0 Å². The van der Waals surface area contributed by atoms with Gasteiger partial charge in [0.05, 0.1) is 20.3 Å². The van der Waals surface area contributed by atoms with Crippen molar-refractivity contribution in [2.75, 3.05) is 47.1 Å². The lowest BCUT2D eigenvalue weighted by molar-refractivity contribution is 0.0914. The smallest absolute Gasteiger partial charge is 0.273 e. The lowest BCUT2D eigenvalue weighted by Crippen LogP contribution is -2.40. The van der Waals surface area contributed by atoms with Crippen LogP contribution in [0.3, 0.4) is 0 Å². The van der Waals surface area contributed by atoms with E-state index in [9.17, 15) is 4.79 Å². The molecule has 9 nitrogen and oxygen atoms in total. The summed E-state index contributed by atoms with van der Waals surface area (Å²) in [6, 6.07) is 12.9. The Bertz CT molecular complexity index is 1200. The van der Waals surface area contributed by atoms with Crippen LogP contribution in [-0.2, 0) is 0 Å². The predicted octanol–water partition coefficient (Wildman–Crippen LogP) is 4.09. The van der Waals surface area contributed by atoms with Crippen LogP contribution in [0.25, 0.3) is 11.3 Å². The zero-order valence-electron chi connectivity index (χ0n) is 20.6. The second-order valence-electron chi connectivity index (χ2n) is 8.87. The molecule has 2 aliphatic heterocycles. The van der Waals surface area contributed by atoms with Crippen molar-refractivity contribution >= 4 is 5.91 Å². The minimum absolute atomic E-state index is 0.0662. The average molecular weight is 494 g/mol. The van der Waals surface area contributed by atoms with Crippen molar-refractivity contribution in [3.63, 3.8) is 0 Å². The number of nitrogens with zero attached hydrogens (tertiary/aromatic N) is 2. The Morgan fingerprint density at radius 1 is 1.00 bits per heavy atom. The zero-order chi connectivity index (χ0) is 24.9. The largest absolute Gasteiger partial charge is 0.497 e. The van der Waals surface area contributed by atoms with Crippen molar-refractivity contribution in [3.8, 4) is 34.3 Å². The van der Waals surface area contributed by atoms with Gasteiger partial charge in [0.25, 0.3) is 5.91 Å². The van der Waals surface area contributed by atoms with Gasteiger partial charge in [-0.2, -0.15) is 0 Å².